The van der Waals surface area contributed by atoms with Crippen LogP contribution in [0.25, 0.3) is 16.6 Å². The van der Waals surface area contributed by atoms with Crippen molar-refractivity contribution in [3.8, 4) is 5.69 Å². The minimum absolute atomic E-state index is 0.685. The van der Waals surface area contributed by atoms with Crippen LogP contribution in [0.3, 0.4) is 0 Å². The van der Waals surface area contributed by atoms with E-state index >= 15 is 0 Å². The lowest BCUT2D eigenvalue weighted by atomic mass is 10.2. The van der Waals surface area contributed by atoms with Gasteiger partial charge in [-0.25, -0.2) is 4.68 Å². The largest absolute Gasteiger partial charge is 0.311 e. The Balaban J connectivity index is 2.06. The molecule has 5 nitrogen and oxygen atoms in total. The van der Waals surface area contributed by atoms with E-state index in [-0.39, 0.29) is 0 Å². The number of rotatable bonds is 4. The number of pyridine rings is 1. The molecule has 6 heteroatoms. The van der Waals surface area contributed by atoms with Crippen LogP contribution < -0.4 is 5.32 Å². The van der Waals surface area contributed by atoms with Gasteiger partial charge in [0, 0.05) is 18.1 Å². The third kappa shape index (κ3) is 2.37. The number of hydrogen-bond acceptors (Lipinski definition) is 4. The molecule has 0 aliphatic carbocycles. The summed E-state index contributed by atoms with van der Waals surface area (Å²) in [6.07, 6.45) is 3.65. The molecule has 3 aromatic rings. The summed E-state index contributed by atoms with van der Waals surface area (Å²) in [6.45, 7) is 3.66. The van der Waals surface area contributed by atoms with Gasteiger partial charge in [0.15, 0.2) is 0 Å². The lowest BCUT2D eigenvalue weighted by Gasteiger charge is -2.06. The van der Waals surface area contributed by atoms with E-state index in [1.807, 2.05) is 30.5 Å². The molecule has 0 radical (unpaired) electrons. The van der Waals surface area contributed by atoms with Crippen LogP contribution in [-0.2, 0) is 6.54 Å². The summed E-state index contributed by atoms with van der Waals surface area (Å²) in [7, 11) is 0. The highest BCUT2D eigenvalue weighted by Gasteiger charge is 2.09. The van der Waals surface area contributed by atoms with Crippen LogP contribution >= 0.6 is 11.6 Å². The molecule has 2 heterocycles. The van der Waals surface area contributed by atoms with Gasteiger partial charge in [0.05, 0.1) is 28.1 Å². The normalized spacial score (nSPS) is 11.1. The van der Waals surface area contributed by atoms with E-state index in [9.17, 15) is 0 Å². The fourth-order valence-corrected chi connectivity index (χ4v) is 2.27. The molecule has 3 rings (SSSR count). The van der Waals surface area contributed by atoms with Crippen LogP contribution in [0.15, 0.2) is 36.7 Å². The van der Waals surface area contributed by atoms with Crippen LogP contribution in [0.4, 0.5) is 0 Å². The Morgan fingerprint density at radius 3 is 3.05 bits per heavy atom. The predicted octanol–water partition coefficient (Wildman–Crippen LogP) is 2.58. The Labute approximate surface area is 121 Å². The van der Waals surface area contributed by atoms with Gasteiger partial charge in [-0.05, 0) is 30.8 Å². The predicted molar refractivity (Wildman–Crippen MR) is 79.1 cm³/mol. The molecular weight excluding hydrogens is 274 g/mol. The molecule has 0 saturated heterocycles. The molecule has 0 aliphatic rings. The third-order valence-corrected chi connectivity index (χ3v) is 3.37. The number of nitrogens with one attached hydrogen (secondary N) is 1. The van der Waals surface area contributed by atoms with Crippen LogP contribution in [0.1, 0.15) is 12.6 Å². The Bertz CT molecular complexity index is 737. The van der Waals surface area contributed by atoms with Gasteiger partial charge in [-0.2, -0.15) is 0 Å². The van der Waals surface area contributed by atoms with Crippen molar-refractivity contribution in [2.45, 2.75) is 13.5 Å². The average molecular weight is 288 g/mol. The lowest BCUT2D eigenvalue weighted by Crippen LogP contribution is -2.11. The Kier molecular flexibility index (Phi) is 3.62. The third-order valence-electron chi connectivity index (χ3n) is 3.04. The van der Waals surface area contributed by atoms with Crippen LogP contribution in [0.5, 0.6) is 0 Å². The van der Waals surface area contributed by atoms with E-state index in [2.05, 4.69) is 27.5 Å². The van der Waals surface area contributed by atoms with Crippen LogP contribution in [-0.4, -0.2) is 26.5 Å². The highest BCUT2D eigenvalue weighted by atomic mass is 35.5. The second-order valence-corrected chi connectivity index (χ2v) is 4.81. The molecule has 0 fully saturated rings. The molecule has 0 atom stereocenters. The summed E-state index contributed by atoms with van der Waals surface area (Å²) in [5.41, 5.74) is 2.59. The summed E-state index contributed by atoms with van der Waals surface area (Å²) in [5.74, 6) is 0. The SMILES string of the molecule is CCNCc1cn(-c2ccc(Cl)c3cccnc23)nn1. The van der Waals surface area contributed by atoms with Crippen molar-refractivity contribution in [2.75, 3.05) is 6.54 Å². The maximum absolute atomic E-state index is 6.19. The van der Waals surface area contributed by atoms with Gasteiger partial charge in [0.25, 0.3) is 0 Å². The molecule has 20 heavy (non-hydrogen) atoms. The van der Waals surface area contributed by atoms with Crippen LogP contribution in [0, 0.1) is 0 Å². The Hall–Kier alpha value is -1.98. The first-order chi connectivity index (χ1) is 9.79. The number of hydrogen-bond donors (Lipinski definition) is 1. The van der Waals surface area contributed by atoms with Gasteiger partial charge in [0.2, 0.25) is 0 Å². The number of benzene rings is 1. The van der Waals surface area contributed by atoms with E-state index in [0.717, 1.165) is 28.8 Å². The first-order valence-corrected chi connectivity index (χ1v) is 6.83. The molecule has 2 aromatic heterocycles. The number of fused-ring (bicyclic) bond motifs is 1. The highest BCUT2D eigenvalue weighted by molar-refractivity contribution is 6.35. The molecule has 0 unspecified atom stereocenters. The van der Waals surface area contributed by atoms with Crippen molar-refractivity contribution in [3.05, 3.63) is 47.4 Å². The first kappa shape index (κ1) is 13.0. The highest BCUT2D eigenvalue weighted by Crippen LogP contribution is 2.26. The minimum atomic E-state index is 0.685. The Morgan fingerprint density at radius 2 is 2.20 bits per heavy atom. The molecule has 0 aliphatic heterocycles. The zero-order chi connectivity index (χ0) is 13.9. The van der Waals surface area contributed by atoms with Crippen molar-refractivity contribution in [2.24, 2.45) is 0 Å². The van der Waals surface area contributed by atoms with Crippen molar-refractivity contribution in [1.29, 1.82) is 0 Å². The zero-order valence-electron chi connectivity index (χ0n) is 11.0. The van der Waals surface area contributed by atoms with Gasteiger partial charge in [-0.15, -0.1) is 5.10 Å². The molecular formula is C14H14ClN5. The molecule has 0 saturated carbocycles. The van der Waals surface area contributed by atoms with Gasteiger partial charge in [-0.3, -0.25) is 4.98 Å². The molecule has 1 N–H and O–H groups in total. The first-order valence-electron chi connectivity index (χ1n) is 6.45. The molecule has 102 valence electrons. The van der Waals surface area contributed by atoms with E-state index < -0.39 is 0 Å². The van der Waals surface area contributed by atoms with Gasteiger partial charge in [0.1, 0.15) is 0 Å². The summed E-state index contributed by atoms with van der Waals surface area (Å²) in [5, 5.41) is 13.1. The van der Waals surface area contributed by atoms with Crippen LogP contribution in [0.2, 0.25) is 5.02 Å². The zero-order valence-corrected chi connectivity index (χ0v) is 11.8. The van der Waals surface area contributed by atoms with Crippen molar-refractivity contribution in [3.63, 3.8) is 0 Å². The standard InChI is InChI=1S/C14H14ClN5/c1-2-16-8-10-9-20(19-18-10)13-6-5-12(15)11-4-3-7-17-14(11)13/h3-7,9,16H,2,8H2,1H3. The maximum atomic E-state index is 6.19. The number of nitrogens with zero attached hydrogens (tertiary/aromatic N) is 4. The minimum Gasteiger partial charge on any atom is -0.311 e. The van der Waals surface area contributed by atoms with Gasteiger partial charge >= 0.3 is 0 Å². The van der Waals surface area contributed by atoms with Crippen molar-refractivity contribution in [1.82, 2.24) is 25.3 Å². The summed E-state index contributed by atoms with van der Waals surface area (Å²) >= 11 is 6.19. The van der Waals surface area contributed by atoms with Crippen molar-refractivity contribution < 1.29 is 0 Å². The second kappa shape index (κ2) is 5.56. The van der Waals surface area contributed by atoms with E-state index in [1.54, 1.807) is 10.9 Å². The quantitative estimate of drug-likeness (QED) is 0.801. The van der Waals surface area contributed by atoms with E-state index in [4.69, 9.17) is 11.6 Å². The second-order valence-electron chi connectivity index (χ2n) is 4.40. The van der Waals surface area contributed by atoms with E-state index in [1.165, 1.54) is 0 Å². The van der Waals surface area contributed by atoms with Gasteiger partial charge < -0.3 is 5.32 Å². The fourth-order valence-electron chi connectivity index (χ4n) is 2.06. The molecule has 1 aromatic carbocycles. The molecule has 0 bridgehead atoms. The molecule has 0 spiro atoms. The summed E-state index contributed by atoms with van der Waals surface area (Å²) < 4.78 is 1.73. The average Bonchev–Trinajstić information content (AvgIpc) is 2.94. The topological polar surface area (TPSA) is 55.6 Å². The monoisotopic (exact) mass is 287 g/mol. The summed E-state index contributed by atoms with van der Waals surface area (Å²) in [6, 6.07) is 7.58. The smallest absolute Gasteiger partial charge is 0.0974 e. The number of halogens is 1. The van der Waals surface area contributed by atoms with Gasteiger partial charge in [-0.1, -0.05) is 23.7 Å². The maximum Gasteiger partial charge on any atom is 0.0974 e. The van der Waals surface area contributed by atoms with E-state index in [0.29, 0.717) is 11.6 Å². The molecule has 0 amide bonds. The Morgan fingerprint density at radius 1 is 1.30 bits per heavy atom. The van der Waals surface area contributed by atoms with Crippen molar-refractivity contribution >= 4 is 22.5 Å². The number of aromatic nitrogens is 4. The fraction of sp³-hybridized carbons (Fsp3) is 0.214. The summed E-state index contributed by atoms with van der Waals surface area (Å²) in [4.78, 5) is 4.40. The lowest BCUT2D eigenvalue weighted by molar-refractivity contribution is 0.705.